The first-order valence-electron chi connectivity index (χ1n) is 9.47. The molecule has 1 atom stereocenters. The van der Waals surface area contributed by atoms with Crippen LogP contribution in [-0.2, 0) is 16.0 Å². The first-order valence-corrected chi connectivity index (χ1v) is 9.47. The molecule has 1 fully saturated rings. The van der Waals surface area contributed by atoms with E-state index < -0.39 is 0 Å². The third-order valence-corrected chi connectivity index (χ3v) is 4.93. The van der Waals surface area contributed by atoms with E-state index in [1.807, 2.05) is 37.3 Å². The molecule has 4 nitrogen and oxygen atoms in total. The van der Waals surface area contributed by atoms with Gasteiger partial charge in [-0.05, 0) is 30.0 Å². The zero-order chi connectivity index (χ0) is 19.2. The van der Waals surface area contributed by atoms with Gasteiger partial charge in [-0.2, -0.15) is 0 Å². The number of halogens is 1. The zero-order valence-electron chi connectivity index (χ0n) is 15.6. The first-order chi connectivity index (χ1) is 13.1. The SMILES string of the molecule is CCCC(=O)N1CCNC(=O)[C@@H](Cc2ccc(-c3ccccc3F)cc2)C1. The van der Waals surface area contributed by atoms with Crippen LogP contribution >= 0.6 is 0 Å². The highest BCUT2D eigenvalue weighted by molar-refractivity contribution is 5.82. The average molecular weight is 368 g/mol. The van der Waals surface area contributed by atoms with Gasteiger partial charge in [0.05, 0.1) is 5.92 Å². The van der Waals surface area contributed by atoms with Gasteiger partial charge >= 0.3 is 0 Å². The highest BCUT2D eigenvalue weighted by Crippen LogP contribution is 2.24. The second-order valence-electron chi connectivity index (χ2n) is 6.96. The Bertz CT molecular complexity index is 804. The number of rotatable bonds is 5. The van der Waals surface area contributed by atoms with E-state index in [2.05, 4.69) is 5.32 Å². The van der Waals surface area contributed by atoms with Gasteiger partial charge in [-0.25, -0.2) is 4.39 Å². The largest absolute Gasteiger partial charge is 0.354 e. The number of carbonyl (C=O) groups excluding carboxylic acids is 2. The lowest BCUT2D eigenvalue weighted by molar-refractivity contribution is -0.132. The summed E-state index contributed by atoms with van der Waals surface area (Å²) < 4.78 is 13.9. The number of carbonyl (C=O) groups is 2. The molecule has 1 saturated heterocycles. The molecule has 0 unspecified atom stereocenters. The molecule has 2 aromatic carbocycles. The molecule has 1 N–H and O–H groups in total. The molecule has 142 valence electrons. The van der Waals surface area contributed by atoms with Gasteiger partial charge in [0.25, 0.3) is 0 Å². The van der Waals surface area contributed by atoms with Gasteiger partial charge in [-0.1, -0.05) is 49.4 Å². The fourth-order valence-electron chi connectivity index (χ4n) is 3.45. The van der Waals surface area contributed by atoms with Crippen molar-refractivity contribution in [3.8, 4) is 11.1 Å². The van der Waals surface area contributed by atoms with E-state index in [1.165, 1.54) is 6.07 Å². The maximum atomic E-state index is 13.9. The predicted octanol–water partition coefficient (Wildman–Crippen LogP) is 3.41. The van der Waals surface area contributed by atoms with Crippen molar-refractivity contribution in [2.75, 3.05) is 19.6 Å². The third kappa shape index (κ3) is 4.73. The minimum absolute atomic E-state index is 0.0139. The van der Waals surface area contributed by atoms with Gasteiger partial charge in [0.1, 0.15) is 5.82 Å². The van der Waals surface area contributed by atoms with Crippen molar-refractivity contribution in [1.82, 2.24) is 10.2 Å². The van der Waals surface area contributed by atoms with Gasteiger partial charge < -0.3 is 10.2 Å². The molecule has 0 radical (unpaired) electrons. The number of hydrogen-bond acceptors (Lipinski definition) is 2. The topological polar surface area (TPSA) is 49.4 Å². The van der Waals surface area contributed by atoms with Crippen LogP contribution < -0.4 is 5.32 Å². The number of nitrogens with one attached hydrogen (secondary N) is 1. The predicted molar refractivity (Wildman–Crippen MR) is 104 cm³/mol. The minimum Gasteiger partial charge on any atom is -0.354 e. The minimum atomic E-state index is -0.271. The molecule has 1 aliphatic rings. The molecule has 27 heavy (non-hydrogen) atoms. The highest BCUT2D eigenvalue weighted by atomic mass is 19.1. The first kappa shape index (κ1) is 19.1. The molecule has 3 rings (SSSR count). The number of amides is 2. The van der Waals surface area contributed by atoms with Crippen LogP contribution in [0, 0.1) is 11.7 Å². The van der Waals surface area contributed by atoms with Gasteiger partial charge in [0.2, 0.25) is 11.8 Å². The van der Waals surface area contributed by atoms with E-state index in [9.17, 15) is 14.0 Å². The summed E-state index contributed by atoms with van der Waals surface area (Å²) in [7, 11) is 0. The Morgan fingerprint density at radius 1 is 1.19 bits per heavy atom. The van der Waals surface area contributed by atoms with Gasteiger partial charge in [-0.3, -0.25) is 9.59 Å². The summed E-state index contributed by atoms with van der Waals surface area (Å²) in [6, 6.07) is 14.3. The van der Waals surface area contributed by atoms with E-state index in [1.54, 1.807) is 17.0 Å². The molecule has 0 saturated carbocycles. The van der Waals surface area contributed by atoms with Crippen LogP contribution in [0.25, 0.3) is 11.1 Å². The van der Waals surface area contributed by atoms with Gasteiger partial charge in [-0.15, -0.1) is 0 Å². The van der Waals surface area contributed by atoms with Crippen LogP contribution in [0.5, 0.6) is 0 Å². The normalized spacial score (nSPS) is 17.3. The Balaban J connectivity index is 1.72. The van der Waals surface area contributed by atoms with Crippen LogP contribution in [0.1, 0.15) is 25.3 Å². The van der Waals surface area contributed by atoms with Crippen molar-refractivity contribution in [2.24, 2.45) is 5.92 Å². The number of benzene rings is 2. The van der Waals surface area contributed by atoms with Gasteiger partial charge in [0.15, 0.2) is 0 Å². The maximum Gasteiger partial charge on any atom is 0.225 e. The monoisotopic (exact) mass is 368 g/mol. The summed E-state index contributed by atoms with van der Waals surface area (Å²) in [5.41, 5.74) is 2.37. The molecular weight excluding hydrogens is 343 g/mol. The molecule has 0 aromatic heterocycles. The standard InChI is InChI=1S/C22H25FN2O2/c1-2-5-21(26)25-13-12-24-22(27)18(15-25)14-16-8-10-17(11-9-16)19-6-3-4-7-20(19)23/h3-4,6-11,18H,2,5,12-15H2,1H3,(H,24,27)/t18-/m0/s1. The summed E-state index contributed by atoms with van der Waals surface area (Å²) in [5.74, 6) is -0.431. The van der Waals surface area contributed by atoms with Crippen molar-refractivity contribution >= 4 is 11.8 Å². The van der Waals surface area contributed by atoms with E-state index in [0.29, 0.717) is 38.0 Å². The molecule has 1 aliphatic heterocycles. The fraction of sp³-hybridized carbons (Fsp3) is 0.364. The molecule has 0 spiro atoms. The van der Waals surface area contributed by atoms with Crippen LogP contribution in [-0.4, -0.2) is 36.3 Å². The van der Waals surface area contributed by atoms with Crippen molar-refractivity contribution in [1.29, 1.82) is 0 Å². The van der Waals surface area contributed by atoms with E-state index in [4.69, 9.17) is 0 Å². The Morgan fingerprint density at radius 2 is 1.93 bits per heavy atom. The fourth-order valence-corrected chi connectivity index (χ4v) is 3.45. The van der Waals surface area contributed by atoms with Crippen molar-refractivity contribution in [3.05, 3.63) is 59.9 Å². The quantitative estimate of drug-likeness (QED) is 0.879. The van der Waals surface area contributed by atoms with Crippen molar-refractivity contribution < 1.29 is 14.0 Å². The second kappa shape index (κ2) is 8.80. The Kier molecular flexibility index (Phi) is 6.22. The Morgan fingerprint density at radius 3 is 2.63 bits per heavy atom. The van der Waals surface area contributed by atoms with Crippen molar-refractivity contribution in [2.45, 2.75) is 26.2 Å². The molecule has 0 aliphatic carbocycles. The summed E-state index contributed by atoms with van der Waals surface area (Å²) >= 11 is 0. The Labute approximate surface area is 159 Å². The lowest BCUT2D eigenvalue weighted by Crippen LogP contribution is -2.37. The van der Waals surface area contributed by atoms with Crippen molar-refractivity contribution in [3.63, 3.8) is 0 Å². The third-order valence-electron chi connectivity index (χ3n) is 4.93. The Hall–Kier alpha value is -2.69. The second-order valence-corrected chi connectivity index (χ2v) is 6.96. The molecule has 5 heteroatoms. The summed E-state index contributed by atoms with van der Waals surface area (Å²) in [4.78, 5) is 26.4. The van der Waals surface area contributed by atoms with Crippen LogP contribution in [0.3, 0.4) is 0 Å². The van der Waals surface area contributed by atoms with E-state index in [0.717, 1.165) is 17.5 Å². The summed E-state index contributed by atoms with van der Waals surface area (Å²) in [5, 5.41) is 2.90. The van der Waals surface area contributed by atoms with Crippen LogP contribution in [0.2, 0.25) is 0 Å². The summed E-state index contributed by atoms with van der Waals surface area (Å²) in [6.07, 6.45) is 1.87. The van der Waals surface area contributed by atoms with E-state index >= 15 is 0 Å². The lowest BCUT2D eigenvalue weighted by Gasteiger charge is -2.23. The molecular formula is C22H25FN2O2. The average Bonchev–Trinajstić information content (AvgIpc) is 2.85. The smallest absolute Gasteiger partial charge is 0.225 e. The van der Waals surface area contributed by atoms with E-state index in [-0.39, 0.29) is 23.5 Å². The zero-order valence-corrected chi connectivity index (χ0v) is 15.6. The molecule has 0 bridgehead atoms. The summed E-state index contributed by atoms with van der Waals surface area (Å²) in [6.45, 7) is 3.48. The van der Waals surface area contributed by atoms with Crippen LogP contribution in [0.4, 0.5) is 4.39 Å². The lowest BCUT2D eigenvalue weighted by atomic mass is 9.96. The highest BCUT2D eigenvalue weighted by Gasteiger charge is 2.27. The van der Waals surface area contributed by atoms with Crippen LogP contribution in [0.15, 0.2) is 48.5 Å². The molecule has 2 aromatic rings. The molecule has 2 amide bonds. The number of nitrogens with zero attached hydrogens (tertiary/aromatic N) is 1. The van der Waals surface area contributed by atoms with Gasteiger partial charge in [0, 0.05) is 31.6 Å². The molecule has 1 heterocycles. The maximum absolute atomic E-state index is 13.9. The number of hydrogen-bond donors (Lipinski definition) is 1.